The van der Waals surface area contributed by atoms with Crippen LogP contribution in [0.4, 0.5) is 0 Å². The summed E-state index contributed by atoms with van der Waals surface area (Å²) in [6.45, 7) is 5.35. The predicted molar refractivity (Wildman–Crippen MR) is 127 cm³/mol. The third-order valence-corrected chi connectivity index (χ3v) is 6.01. The molecule has 0 bridgehead atoms. The number of amides is 1. The lowest BCUT2D eigenvalue weighted by atomic mass is 10.1. The van der Waals surface area contributed by atoms with Crippen LogP contribution in [0.15, 0.2) is 48.0 Å². The zero-order valence-corrected chi connectivity index (χ0v) is 19.4. The summed E-state index contributed by atoms with van der Waals surface area (Å²) in [6, 6.07) is 7.35. The molecule has 0 unspecified atom stereocenters. The van der Waals surface area contributed by atoms with Crippen LogP contribution in [-0.4, -0.2) is 45.0 Å². The van der Waals surface area contributed by atoms with Crippen LogP contribution in [0.2, 0.25) is 0 Å². The number of benzene rings is 2. The Bertz CT molecular complexity index is 1280. The third-order valence-electron chi connectivity index (χ3n) is 4.97. The first kappa shape index (κ1) is 22.5. The molecule has 8 nitrogen and oxygen atoms in total. The van der Waals surface area contributed by atoms with Gasteiger partial charge in [-0.25, -0.2) is 0 Å². The van der Waals surface area contributed by atoms with Gasteiger partial charge in [0.2, 0.25) is 5.75 Å². The number of hydrogen-bond donors (Lipinski definition) is 0. The van der Waals surface area contributed by atoms with Crippen molar-refractivity contribution in [3.8, 4) is 28.7 Å². The lowest BCUT2D eigenvalue weighted by molar-refractivity contribution is -0.113. The molecule has 0 aliphatic carbocycles. The fourth-order valence-electron chi connectivity index (χ4n) is 3.49. The Kier molecular flexibility index (Phi) is 6.69. The summed E-state index contributed by atoms with van der Waals surface area (Å²) in [4.78, 5) is 17.6. The average Bonchev–Trinajstić information content (AvgIpc) is 3.16. The highest BCUT2D eigenvalue weighted by Crippen LogP contribution is 2.38. The molecule has 2 aromatic carbocycles. The van der Waals surface area contributed by atoms with Crippen molar-refractivity contribution in [2.75, 3.05) is 34.5 Å². The van der Waals surface area contributed by atoms with Crippen molar-refractivity contribution >= 4 is 33.5 Å². The number of hydrogen-bond acceptors (Lipinski definition) is 7. The number of carbonyl (C=O) groups is 1. The fraction of sp³-hybridized carbons (Fsp3) is 0.250. The van der Waals surface area contributed by atoms with E-state index >= 15 is 0 Å². The first-order valence-electron chi connectivity index (χ1n) is 10.2. The van der Waals surface area contributed by atoms with E-state index in [0.29, 0.717) is 58.9 Å². The molecule has 0 atom stereocenters. The Morgan fingerprint density at radius 2 is 1.76 bits per heavy atom. The molecule has 0 spiro atoms. The molecule has 0 N–H and O–H groups in total. The normalized spacial score (nSPS) is 13.4. The maximum atomic E-state index is 12.7. The van der Waals surface area contributed by atoms with Gasteiger partial charge in [-0.05, 0) is 23.8 Å². The summed E-state index contributed by atoms with van der Waals surface area (Å²) in [5, 5.41) is 0. The lowest BCUT2D eigenvalue weighted by Crippen LogP contribution is -2.17. The van der Waals surface area contributed by atoms with Crippen LogP contribution in [0.3, 0.4) is 0 Å². The highest BCUT2D eigenvalue weighted by molar-refractivity contribution is 7.16. The van der Waals surface area contributed by atoms with Crippen molar-refractivity contribution in [3.63, 3.8) is 0 Å². The first-order valence-corrected chi connectivity index (χ1v) is 11.0. The average molecular weight is 469 g/mol. The highest BCUT2D eigenvalue weighted by atomic mass is 32.1. The van der Waals surface area contributed by atoms with Gasteiger partial charge >= 0.3 is 0 Å². The second-order valence-corrected chi connectivity index (χ2v) is 8.00. The Balaban J connectivity index is 1.69. The first-order chi connectivity index (χ1) is 16.1. The van der Waals surface area contributed by atoms with Crippen molar-refractivity contribution in [1.82, 2.24) is 4.57 Å². The van der Waals surface area contributed by atoms with Gasteiger partial charge in [0.05, 0.1) is 31.5 Å². The van der Waals surface area contributed by atoms with E-state index in [1.807, 2.05) is 16.7 Å². The Morgan fingerprint density at radius 3 is 2.36 bits per heavy atom. The molecule has 0 radical (unpaired) electrons. The second kappa shape index (κ2) is 9.83. The number of methoxy groups -OCH3 is 3. The molecule has 0 saturated carbocycles. The van der Waals surface area contributed by atoms with E-state index in [0.717, 1.165) is 10.2 Å². The molecule has 4 rings (SSSR count). The van der Waals surface area contributed by atoms with Crippen LogP contribution in [0, 0.1) is 0 Å². The summed E-state index contributed by atoms with van der Waals surface area (Å²) in [5.41, 5.74) is 1.62. The van der Waals surface area contributed by atoms with E-state index in [4.69, 9.17) is 23.7 Å². The zero-order valence-electron chi connectivity index (χ0n) is 18.6. The van der Waals surface area contributed by atoms with Gasteiger partial charge in [-0.3, -0.25) is 4.79 Å². The van der Waals surface area contributed by atoms with E-state index in [1.54, 1.807) is 38.5 Å². The maximum Gasteiger partial charge on any atom is 0.272 e. The standard InChI is InChI=1S/C24H24N2O6S/c1-5-8-26-16-13-17-18(32-10-9-31-17)14-21(16)33-24(26)25-22(27)7-6-15-11-19(28-2)23(30-4)20(12-15)29-3/h5-7,11-14H,1,8-10H2,2-4H3. The smallest absolute Gasteiger partial charge is 0.272 e. The number of fused-ring (bicyclic) bond motifs is 2. The number of rotatable bonds is 7. The number of carbonyl (C=O) groups excluding carboxylic acids is 1. The minimum absolute atomic E-state index is 0.398. The molecule has 1 amide bonds. The van der Waals surface area contributed by atoms with E-state index in [1.165, 1.54) is 24.5 Å². The Labute approximate surface area is 194 Å². The van der Waals surface area contributed by atoms with E-state index < -0.39 is 5.91 Å². The van der Waals surface area contributed by atoms with Crippen molar-refractivity contribution in [1.29, 1.82) is 0 Å². The van der Waals surface area contributed by atoms with Gasteiger partial charge in [-0.2, -0.15) is 4.99 Å². The number of thiazole rings is 1. The highest BCUT2D eigenvalue weighted by Gasteiger charge is 2.16. The number of nitrogens with zero attached hydrogens (tertiary/aromatic N) is 2. The molecule has 3 aromatic rings. The van der Waals surface area contributed by atoms with Gasteiger partial charge in [0.25, 0.3) is 5.91 Å². The van der Waals surface area contributed by atoms with Gasteiger partial charge in [-0.15, -0.1) is 6.58 Å². The predicted octanol–water partition coefficient (Wildman–Crippen LogP) is 3.83. The molecule has 9 heteroatoms. The van der Waals surface area contributed by atoms with Crippen LogP contribution in [0.5, 0.6) is 28.7 Å². The quantitative estimate of drug-likeness (QED) is 0.387. The van der Waals surface area contributed by atoms with Gasteiger partial charge in [0.1, 0.15) is 13.2 Å². The molecule has 0 fully saturated rings. The molecule has 1 aliphatic rings. The molecule has 2 heterocycles. The van der Waals surface area contributed by atoms with Crippen LogP contribution < -0.4 is 28.5 Å². The SMILES string of the molecule is C=CCn1c(=NC(=O)C=Cc2cc(OC)c(OC)c(OC)c2)sc2cc3c(cc21)OCCO3. The molecule has 172 valence electrons. The van der Waals surface area contributed by atoms with Crippen molar-refractivity contribution in [2.45, 2.75) is 6.54 Å². The molecular weight excluding hydrogens is 444 g/mol. The topological polar surface area (TPSA) is 80.5 Å². The second-order valence-electron chi connectivity index (χ2n) is 6.99. The van der Waals surface area contributed by atoms with Gasteiger partial charge < -0.3 is 28.3 Å². The third kappa shape index (κ3) is 4.58. The van der Waals surface area contributed by atoms with Crippen molar-refractivity contribution in [2.24, 2.45) is 4.99 Å². The fourth-order valence-corrected chi connectivity index (χ4v) is 4.55. The molecule has 1 aliphatic heterocycles. The summed E-state index contributed by atoms with van der Waals surface area (Å²) in [5.74, 6) is 2.47. The number of allylic oxidation sites excluding steroid dienone is 1. The summed E-state index contributed by atoms with van der Waals surface area (Å²) in [7, 11) is 4.62. The molecule has 33 heavy (non-hydrogen) atoms. The monoisotopic (exact) mass is 468 g/mol. The molecular formula is C24H24N2O6S. The van der Waals surface area contributed by atoms with Gasteiger partial charge in [-0.1, -0.05) is 17.4 Å². The summed E-state index contributed by atoms with van der Waals surface area (Å²) >= 11 is 1.41. The Hall–Kier alpha value is -3.72. The maximum absolute atomic E-state index is 12.7. The molecule has 0 saturated heterocycles. The largest absolute Gasteiger partial charge is 0.493 e. The summed E-state index contributed by atoms with van der Waals surface area (Å²) < 4.78 is 30.3. The number of aromatic nitrogens is 1. The van der Waals surface area contributed by atoms with E-state index in [9.17, 15) is 4.79 Å². The van der Waals surface area contributed by atoms with E-state index in [2.05, 4.69) is 11.6 Å². The lowest BCUT2D eigenvalue weighted by Gasteiger charge is -2.18. The van der Waals surface area contributed by atoms with Crippen LogP contribution in [0.25, 0.3) is 16.3 Å². The Morgan fingerprint density at radius 1 is 1.09 bits per heavy atom. The molecule has 1 aromatic heterocycles. The van der Waals surface area contributed by atoms with Crippen LogP contribution in [-0.2, 0) is 11.3 Å². The van der Waals surface area contributed by atoms with Gasteiger partial charge in [0.15, 0.2) is 27.8 Å². The van der Waals surface area contributed by atoms with Gasteiger partial charge in [0, 0.05) is 24.8 Å². The zero-order chi connectivity index (χ0) is 23.4. The van der Waals surface area contributed by atoms with Crippen LogP contribution in [0.1, 0.15) is 5.56 Å². The summed E-state index contributed by atoms with van der Waals surface area (Å²) in [6.07, 6.45) is 4.82. The van der Waals surface area contributed by atoms with Crippen molar-refractivity contribution in [3.05, 3.63) is 53.4 Å². The van der Waals surface area contributed by atoms with Crippen molar-refractivity contribution < 1.29 is 28.5 Å². The van der Waals surface area contributed by atoms with E-state index in [-0.39, 0.29) is 0 Å². The van der Waals surface area contributed by atoms with Crippen LogP contribution >= 0.6 is 11.3 Å². The minimum Gasteiger partial charge on any atom is -0.493 e. The number of ether oxygens (including phenoxy) is 5. The minimum atomic E-state index is -0.398.